The lowest BCUT2D eigenvalue weighted by Gasteiger charge is -2.38. The summed E-state index contributed by atoms with van der Waals surface area (Å²) in [7, 11) is 0. The molecular weight excluding hydrogens is 470 g/mol. The SMILES string of the molecule is CC(C)(CO)Nc1ccc(C(=O)Nc2cccc(SNC3(C)CCC3)c2)c(N2CCC3(CC2)CC3)n1. The molecule has 2 aromatic rings. The van der Waals surface area contributed by atoms with Gasteiger partial charge in [-0.3, -0.25) is 9.52 Å². The van der Waals surface area contributed by atoms with Crippen LogP contribution in [0.5, 0.6) is 0 Å². The highest BCUT2D eigenvalue weighted by molar-refractivity contribution is 7.97. The molecule has 4 N–H and O–H groups in total. The zero-order valence-electron chi connectivity index (χ0n) is 21.7. The standard InChI is InChI=1S/C28H39N5O2S/c1-26(2,19-34)31-23-9-8-22(24(30-23)33-16-14-28(12-13-28)15-17-33)25(35)29-20-6-4-7-21(18-20)36-32-27(3)10-5-11-27/h4,6-9,18,32,34H,5,10-17,19H2,1-3H3,(H,29,35)(H,30,31). The third kappa shape index (κ3) is 5.82. The molecule has 0 bridgehead atoms. The summed E-state index contributed by atoms with van der Waals surface area (Å²) < 4.78 is 3.58. The summed E-state index contributed by atoms with van der Waals surface area (Å²) in [6.45, 7) is 7.93. The number of hydrogen-bond acceptors (Lipinski definition) is 7. The lowest BCUT2D eigenvalue weighted by atomic mass is 9.80. The molecule has 194 valence electrons. The topological polar surface area (TPSA) is 89.5 Å². The quantitative estimate of drug-likeness (QED) is 0.335. The molecule has 2 saturated carbocycles. The van der Waals surface area contributed by atoms with Crippen molar-refractivity contribution in [3.05, 3.63) is 42.0 Å². The van der Waals surface area contributed by atoms with E-state index in [1.807, 2.05) is 44.2 Å². The van der Waals surface area contributed by atoms with E-state index in [9.17, 15) is 9.90 Å². The first-order valence-electron chi connectivity index (χ1n) is 13.2. The number of carbonyl (C=O) groups is 1. The number of hydrogen-bond donors (Lipinski definition) is 4. The highest BCUT2D eigenvalue weighted by atomic mass is 32.2. The van der Waals surface area contributed by atoms with Gasteiger partial charge in [-0.1, -0.05) is 6.07 Å². The van der Waals surface area contributed by atoms with Crippen molar-refractivity contribution in [3.8, 4) is 0 Å². The maximum atomic E-state index is 13.5. The van der Waals surface area contributed by atoms with Gasteiger partial charge in [-0.2, -0.15) is 0 Å². The molecule has 0 radical (unpaired) electrons. The second-order valence-corrected chi connectivity index (χ2v) is 12.7. The summed E-state index contributed by atoms with van der Waals surface area (Å²) in [6.07, 6.45) is 8.64. The molecule has 7 nitrogen and oxygen atoms in total. The van der Waals surface area contributed by atoms with Gasteiger partial charge in [0.1, 0.15) is 11.6 Å². The van der Waals surface area contributed by atoms with Crippen molar-refractivity contribution in [2.45, 2.75) is 81.7 Å². The third-order valence-corrected chi connectivity index (χ3v) is 9.11. The van der Waals surface area contributed by atoms with Crippen molar-refractivity contribution in [1.82, 2.24) is 9.71 Å². The van der Waals surface area contributed by atoms with Crippen LogP contribution in [0.15, 0.2) is 41.3 Å². The predicted octanol–water partition coefficient (Wildman–Crippen LogP) is 5.44. The van der Waals surface area contributed by atoms with Gasteiger partial charge in [-0.05, 0) is 113 Å². The van der Waals surface area contributed by atoms with Crippen LogP contribution in [-0.2, 0) is 0 Å². The van der Waals surface area contributed by atoms with Crippen molar-refractivity contribution in [2.24, 2.45) is 5.41 Å². The van der Waals surface area contributed by atoms with Gasteiger partial charge in [0.2, 0.25) is 0 Å². The average molecular weight is 510 g/mol. The number of anilines is 3. The van der Waals surface area contributed by atoms with E-state index >= 15 is 0 Å². The van der Waals surface area contributed by atoms with E-state index in [1.165, 1.54) is 32.1 Å². The molecule has 1 aromatic heterocycles. The number of piperidine rings is 1. The van der Waals surface area contributed by atoms with Gasteiger partial charge < -0.3 is 20.6 Å². The van der Waals surface area contributed by atoms with E-state index in [4.69, 9.17) is 4.98 Å². The Balaban J connectivity index is 1.33. The maximum absolute atomic E-state index is 13.5. The van der Waals surface area contributed by atoms with Gasteiger partial charge in [0.05, 0.1) is 17.7 Å². The molecule has 1 aromatic carbocycles. The van der Waals surface area contributed by atoms with Crippen molar-refractivity contribution in [3.63, 3.8) is 0 Å². The summed E-state index contributed by atoms with van der Waals surface area (Å²) in [5.74, 6) is 1.23. The molecule has 36 heavy (non-hydrogen) atoms. The van der Waals surface area contributed by atoms with Crippen molar-refractivity contribution in [2.75, 3.05) is 35.2 Å². The molecule has 1 spiro atoms. The fourth-order valence-corrected chi connectivity index (χ4v) is 5.92. The molecule has 2 heterocycles. The Morgan fingerprint density at radius 3 is 2.50 bits per heavy atom. The van der Waals surface area contributed by atoms with Gasteiger partial charge in [0.15, 0.2) is 0 Å². The van der Waals surface area contributed by atoms with Crippen molar-refractivity contribution < 1.29 is 9.90 Å². The highest BCUT2D eigenvalue weighted by Crippen LogP contribution is 2.54. The van der Waals surface area contributed by atoms with Crippen LogP contribution in [0.3, 0.4) is 0 Å². The molecule has 1 aliphatic heterocycles. The Hall–Kier alpha value is -2.29. The molecular formula is C28H39N5O2S. The Morgan fingerprint density at radius 2 is 1.86 bits per heavy atom. The van der Waals surface area contributed by atoms with E-state index in [2.05, 4.69) is 33.2 Å². The number of benzene rings is 1. The van der Waals surface area contributed by atoms with Crippen LogP contribution in [0, 0.1) is 5.41 Å². The molecule has 3 aliphatic rings. The number of rotatable bonds is 9. The van der Waals surface area contributed by atoms with Crippen LogP contribution >= 0.6 is 11.9 Å². The van der Waals surface area contributed by atoms with Crippen LogP contribution in [0.25, 0.3) is 0 Å². The summed E-state index contributed by atoms with van der Waals surface area (Å²) >= 11 is 1.63. The van der Waals surface area contributed by atoms with E-state index in [1.54, 1.807) is 11.9 Å². The fourth-order valence-electron chi connectivity index (χ4n) is 5.02. The van der Waals surface area contributed by atoms with Crippen LogP contribution < -0.4 is 20.3 Å². The molecule has 3 fully saturated rings. The number of aromatic nitrogens is 1. The molecule has 0 unspecified atom stereocenters. The van der Waals surface area contributed by atoms with E-state index in [-0.39, 0.29) is 18.1 Å². The lowest BCUT2D eigenvalue weighted by molar-refractivity contribution is 0.102. The number of nitrogens with one attached hydrogen (secondary N) is 3. The van der Waals surface area contributed by atoms with Gasteiger partial charge in [0.25, 0.3) is 5.91 Å². The minimum atomic E-state index is -0.503. The number of carbonyl (C=O) groups excluding carboxylic acids is 1. The average Bonchev–Trinajstić information content (AvgIpc) is 3.60. The highest BCUT2D eigenvalue weighted by Gasteiger charge is 2.45. The van der Waals surface area contributed by atoms with E-state index in [0.717, 1.165) is 36.5 Å². The second kappa shape index (κ2) is 9.88. The molecule has 1 saturated heterocycles. The molecule has 5 rings (SSSR count). The number of aliphatic hydroxyl groups excluding tert-OH is 1. The molecule has 1 amide bonds. The number of nitrogens with zero attached hydrogens (tertiary/aromatic N) is 2. The van der Waals surface area contributed by atoms with Crippen LogP contribution in [0.1, 0.15) is 76.1 Å². The zero-order chi connectivity index (χ0) is 25.4. The van der Waals surface area contributed by atoms with Crippen LogP contribution in [-0.4, -0.2) is 46.8 Å². The number of pyridine rings is 1. The first-order chi connectivity index (χ1) is 17.2. The van der Waals surface area contributed by atoms with Crippen LogP contribution in [0.4, 0.5) is 17.3 Å². The summed E-state index contributed by atoms with van der Waals surface area (Å²) in [5, 5.41) is 16.1. The monoisotopic (exact) mass is 509 g/mol. The fraction of sp³-hybridized carbons (Fsp3) is 0.571. The zero-order valence-corrected chi connectivity index (χ0v) is 22.5. The van der Waals surface area contributed by atoms with Crippen molar-refractivity contribution >= 4 is 35.2 Å². The second-order valence-electron chi connectivity index (χ2n) is 11.8. The third-order valence-electron chi connectivity index (χ3n) is 8.03. The van der Waals surface area contributed by atoms with Gasteiger partial charge in [-0.25, -0.2) is 4.98 Å². The largest absolute Gasteiger partial charge is 0.394 e. The molecule has 0 atom stereocenters. The predicted molar refractivity (Wildman–Crippen MR) is 148 cm³/mol. The first-order valence-corrected chi connectivity index (χ1v) is 14.0. The Kier molecular flexibility index (Phi) is 6.96. The number of aliphatic hydroxyl groups is 1. The summed E-state index contributed by atoms with van der Waals surface area (Å²) in [6, 6.07) is 11.7. The normalized spacial score (nSPS) is 20.1. The van der Waals surface area contributed by atoms with Gasteiger partial charge >= 0.3 is 0 Å². The Labute approximate surface area is 219 Å². The van der Waals surface area contributed by atoms with Gasteiger partial charge in [0, 0.05) is 29.2 Å². The summed E-state index contributed by atoms with van der Waals surface area (Å²) in [5.41, 5.74) is 1.59. The van der Waals surface area contributed by atoms with E-state index < -0.39 is 5.54 Å². The van der Waals surface area contributed by atoms with Crippen molar-refractivity contribution in [1.29, 1.82) is 0 Å². The maximum Gasteiger partial charge on any atom is 0.259 e. The lowest BCUT2D eigenvalue weighted by Crippen LogP contribution is -2.44. The minimum absolute atomic E-state index is 0.0130. The van der Waals surface area contributed by atoms with Crippen LogP contribution in [0.2, 0.25) is 0 Å². The smallest absolute Gasteiger partial charge is 0.259 e. The minimum Gasteiger partial charge on any atom is -0.394 e. The van der Waals surface area contributed by atoms with E-state index in [0.29, 0.717) is 22.6 Å². The first kappa shape index (κ1) is 25.4. The van der Waals surface area contributed by atoms with Gasteiger partial charge in [-0.15, -0.1) is 0 Å². The number of amides is 1. The Bertz CT molecular complexity index is 1100. The molecule has 2 aliphatic carbocycles. The Morgan fingerprint density at radius 1 is 1.11 bits per heavy atom. The molecule has 8 heteroatoms. The summed E-state index contributed by atoms with van der Waals surface area (Å²) in [4.78, 5) is 21.7.